The smallest absolute Gasteiger partial charge is 0 e. The zero-order chi connectivity index (χ0) is 11.6. The fourth-order valence-corrected chi connectivity index (χ4v) is 2.95. The fourth-order valence-electron chi connectivity index (χ4n) is 1.67. The van der Waals surface area contributed by atoms with Crippen LogP contribution in [0.4, 0.5) is 0 Å². The van der Waals surface area contributed by atoms with Gasteiger partial charge in [0.05, 0.1) is 0 Å². The first-order valence-corrected chi connectivity index (χ1v) is 8.15. The Morgan fingerprint density at radius 3 is 2.41 bits per heavy atom. The molecule has 1 unspecified atom stereocenters. The number of benzene rings is 1. The molecule has 0 amide bonds. The van der Waals surface area contributed by atoms with Gasteiger partial charge in [-0.3, -0.25) is 0 Å². The van der Waals surface area contributed by atoms with Crippen molar-refractivity contribution in [3.05, 3.63) is 42.2 Å². The zero-order valence-electron chi connectivity index (χ0n) is 11.1. The first-order valence-electron chi connectivity index (χ1n) is 6.29. The van der Waals surface area contributed by atoms with E-state index in [1.165, 1.54) is 37.4 Å². The monoisotopic (exact) mass is 245 g/mol. The van der Waals surface area contributed by atoms with Gasteiger partial charge in [-0.15, -0.1) is 0 Å². The van der Waals surface area contributed by atoms with Crippen molar-refractivity contribution < 1.29 is 0 Å². The Balaban J connectivity index is 0.00000256. The Hall–Kier alpha value is -0.545. The van der Waals surface area contributed by atoms with E-state index in [1.54, 1.807) is 0 Å². The van der Waals surface area contributed by atoms with E-state index < -0.39 is 0 Å². The van der Waals surface area contributed by atoms with Gasteiger partial charge in [0.25, 0.3) is 0 Å². The predicted octanol–water partition coefficient (Wildman–Crippen LogP) is 4.53. The van der Waals surface area contributed by atoms with Gasteiger partial charge >= 0.3 is 0 Å². The molecule has 1 aromatic rings. The molecule has 0 aliphatic carbocycles. The van der Waals surface area contributed by atoms with Gasteiger partial charge in [-0.2, -0.15) is 0 Å². The minimum atomic E-state index is -0.0807. The van der Waals surface area contributed by atoms with Gasteiger partial charge in [0.1, 0.15) is 0 Å². The molecule has 0 nitrogen and oxygen atoms in total. The van der Waals surface area contributed by atoms with Crippen LogP contribution in [0.15, 0.2) is 42.2 Å². The summed E-state index contributed by atoms with van der Waals surface area (Å²) in [5.74, 6) is 2.40. The maximum absolute atomic E-state index is 2.40. The second-order valence-electron chi connectivity index (χ2n) is 4.18. The van der Waals surface area contributed by atoms with E-state index in [0.717, 1.165) is 0 Å². The third-order valence-corrected chi connectivity index (χ3v) is 4.49. The highest BCUT2D eigenvalue weighted by Gasteiger charge is 1.97. The molecule has 0 fully saturated rings. The van der Waals surface area contributed by atoms with Gasteiger partial charge in [0.15, 0.2) is 0 Å². The summed E-state index contributed by atoms with van der Waals surface area (Å²) in [6.45, 7) is 4.59. The average molecular weight is 245 g/mol. The van der Waals surface area contributed by atoms with Gasteiger partial charge in [0.2, 0.25) is 0 Å². The highest BCUT2D eigenvalue weighted by molar-refractivity contribution is 7.67. The molecule has 0 aromatic heterocycles. The average Bonchev–Trinajstić information content (AvgIpc) is 2.34. The molecule has 0 bridgehead atoms. The molecular formula is C15H23BP. The lowest BCUT2D eigenvalue weighted by atomic mass is 10.2. The Kier molecular flexibility index (Phi) is 10.3. The van der Waals surface area contributed by atoms with Crippen molar-refractivity contribution in [2.24, 2.45) is 0 Å². The summed E-state index contributed by atoms with van der Waals surface area (Å²) in [4.78, 5) is 0. The highest BCUT2D eigenvalue weighted by Crippen LogP contribution is 2.30. The van der Waals surface area contributed by atoms with Crippen LogP contribution < -0.4 is 5.30 Å². The standard InChI is InChI=1S/C15H23P.B/c1-3-4-5-6-7-11-14-16(2)15-12-9-8-10-13-15;/h8-14H,3-7H2,1-2H3;/b14-11+;. The van der Waals surface area contributed by atoms with E-state index in [2.05, 4.69) is 55.8 Å². The Bertz CT molecular complexity index is 295. The van der Waals surface area contributed by atoms with E-state index in [9.17, 15) is 0 Å². The van der Waals surface area contributed by atoms with Gasteiger partial charge in [0, 0.05) is 8.41 Å². The molecule has 0 aliphatic heterocycles. The molecule has 1 rings (SSSR count). The minimum Gasteiger partial charge on any atom is -0.0838 e. The van der Waals surface area contributed by atoms with Crippen molar-refractivity contribution in [1.29, 1.82) is 0 Å². The summed E-state index contributed by atoms with van der Waals surface area (Å²) in [6, 6.07) is 10.8. The molecule has 1 atom stereocenters. The maximum atomic E-state index is 2.40. The van der Waals surface area contributed by atoms with Crippen molar-refractivity contribution in [2.45, 2.75) is 39.0 Å². The third kappa shape index (κ3) is 7.39. The minimum absolute atomic E-state index is 0. The highest BCUT2D eigenvalue weighted by atomic mass is 31.1. The molecular weight excluding hydrogens is 222 g/mol. The van der Waals surface area contributed by atoms with E-state index in [-0.39, 0.29) is 16.3 Å². The topological polar surface area (TPSA) is 0 Å². The second kappa shape index (κ2) is 10.6. The summed E-state index contributed by atoms with van der Waals surface area (Å²) >= 11 is 0. The van der Waals surface area contributed by atoms with Crippen molar-refractivity contribution in [1.82, 2.24) is 0 Å². The SMILES string of the molecule is CCCCCC/C=C/P(C)c1ccccc1.[B]. The van der Waals surface area contributed by atoms with Crippen molar-refractivity contribution in [3.8, 4) is 0 Å². The van der Waals surface area contributed by atoms with Crippen LogP contribution in [0.1, 0.15) is 39.0 Å². The maximum Gasteiger partial charge on any atom is 0 e. The summed E-state index contributed by atoms with van der Waals surface area (Å²) in [5.41, 5.74) is 0. The van der Waals surface area contributed by atoms with Crippen molar-refractivity contribution in [2.75, 3.05) is 6.66 Å². The molecule has 0 heterocycles. The Morgan fingerprint density at radius 1 is 1.06 bits per heavy atom. The number of hydrogen-bond acceptors (Lipinski definition) is 0. The normalized spacial score (nSPS) is 12.4. The van der Waals surface area contributed by atoms with Crippen molar-refractivity contribution in [3.63, 3.8) is 0 Å². The summed E-state index contributed by atoms with van der Waals surface area (Å²) in [7, 11) is -0.0807. The van der Waals surface area contributed by atoms with Gasteiger partial charge in [-0.05, 0) is 24.8 Å². The number of hydrogen-bond donors (Lipinski definition) is 0. The largest absolute Gasteiger partial charge is 0.0838 e. The lowest BCUT2D eigenvalue weighted by Crippen LogP contribution is -1.95. The molecule has 91 valence electrons. The fraction of sp³-hybridized carbons (Fsp3) is 0.467. The van der Waals surface area contributed by atoms with Crippen LogP contribution in [0.5, 0.6) is 0 Å². The Morgan fingerprint density at radius 2 is 1.76 bits per heavy atom. The summed E-state index contributed by atoms with van der Waals surface area (Å²) in [5, 5.41) is 1.47. The number of unbranched alkanes of at least 4 members (excludes halogenated alkanes) is 4. The van der Waals surface area contributed by atoms with Crippen LogP contribution >= 0.6 is 7.92 Å². The van der Waals surface area contributed by atoms with E-state index in [4.69, 9.17) is 0 Å². The molecule has 17 heavy (non-hydrogen) atoms. The summed E-state index contributed by atoms with van der Waals surface area (Å²) < 4.78 is 0. The predicted molar refractivity (Wildman–Crippen MR) is 82.6 cm³/mol. The Labute approximate surface area is 110 Å². The summed E-state index contributed by atoms with van der Waals surface area (Å²) in [6.07, 6.45) is 9.06. The van der Waals surface area contributed by atoms with Crippen LogP contribution in [0.25, 0.3) is 0 Å². The number of rotatable bonds is 7. The first kappa shape index (κ1) is 16.5. The van der Waals surface area contributed by atoms with Gasteiger partial charge in [-0.1, -0.05) is 76.3 Å². The lowest BCUT2D eigenvalue weighted by molar-refractivity contribution is 0.675. The second-order valence-corrected chi connectivity index (χ2v) is 6.22. The van der Waals surface area contributed by atoms with Gasteiger partial charge in [-0.25, -0.2) is 0 Å². The zero-order valence-corrected chi connectivity index (χ0v) is 12.0. The van der Waals surface area contributed by atoms with Crippen LogP contribution in [-0.2, 0) is 0 Å². The molecule has 0 N–H and O–H groups in total. The molecule has 1 aromatic carbocycles. The third-order valence-electron chi connectivity index (χ3n) is 2.72. The van der Waals surface area contributed by atoms with E-state index >= 15 is 0 Å². The van der Waals surface area contributed by atoms with Crippen LogP contribution in [0.2, 0.25) is 0 Å². The quantitative estimate of drug-likeness (QED) is 0.376. The molecule has 0 spiro atoms. The molecule has 0 saturated carbocycles. The van der Waals surface area contributed by atoms with Crippen molar-refractivity contribution >= 4 is 21.6 Å². The molecule has 0 saturated heterocycles. The lowest BCUT2D eigenvalue weighted by Gasteiger charge is -2.06. The van der Waals surface area contributed by atoms with Crippen LogP contribution in [0, 0.1) is 0 Å². The molecule has 3 radical (unpaired) electrons. The van der Waals surface area contributed by atoms with Crippen LogP contribution in [-0.4, -0.2) is 15.1 Å². The number of allylic oxidation sites excluding steroid dienone is 1. The first-order chi connectivity index (χ1) is 7.84. The molecule has 0 aliphatic rings. The molecule has 2 heteroatoms. The van der Waals surface area contributed by atoms with E-state index in [1.807, 2.05) is 0 Å². The van der Waals surface area contributed by atoms with E-state index in [0.29, 0.717) is 0 Å². The van der Waals surface area contributed by atoms with Gasteiger partial charge < -0.3 is 0 Å². The van der Waals surface area contributed by atoms with Crippen LogP contribution in [0.3, 0.4) is 0 Å².